The normalized spacial score (nSPS) is 35.9. The molecule has 3 fully saturated rings. The Morgan fingerprint density at radius 2 is 1.83 bits per heavy atom. The molecular weight excluding hydrogens is 220 g/mol. The highest BCUT2D eigenvalue weighted by molar-refractivity contribution is 5.29. The molecule has 1 aromatic carbocycles. The number of benzene rings is 1. The lowest BCUT2D eigenvalue weighted by atomic mass is 9.79. The fourth-order valence-electron chi connectivity index (χ4n) is 4.03. The Balaban J connectivity index is 1.52. The largest absolute Gasteiger partial charge is 0.388 e. The van der Waals surface area contributed by atoms with E-state index in [9.17, 15) is 5.11 Å². The Labute approximate surface area is 109 Å². The summed E-state index contributed by atoms with van der Waals surface area (Å²) in [7, 11) is 0. The van der Waals surface area contributed by atoms with Gasteiger partial charge in [0.15, 0.2) is 0 Å². The Kier molecular flexibility index (Phi) is 2.51. The van der Waals surface area contributed by atoms with Crippen LogP contribution in [0.1, 0.15) is 61.7 Å². The number of hydrogen-bond donors (Lipinski definition) is 1. The molecule has 0 heterocycles. The van der Waals surface area contributed by atoms with E-state index in [2.05, 4.69) is 24.3 Å². The van der Waals surface area contributed by atoms with Crippen molar-refractivity contribution in [2.45, 2.75) is 50.5 Å². The minimum Gasteiger partial charge on any atom is -0.388 e. The lowest BCUT2D eigenvalue weighted by Crippen LogP contribution is -2.13. The van der Waals surface area contributed by atoms with Crippen LogP contribution in [0.3, 0.4) is 0 Å². The summed E-state index contributed by atoms with van der Waals surface area (Å²) >= 11 is 0. The zero-order chi connectivity index (χ0) is 12.1. The molecule has 1 N–H and O–H groups in total. The number of aliphatic hydroxyl groups excluding tert-OH is 1. The van der Waals surface area contributed by atoms with E-state index in [0.29, 0.717) is 5.92 Å². The third-order valence-corrected chi connectivity index (χ3v) is 5.56. The lowest BCUT2D eigenvalue weighted by Gasteiger charge is -2.27. The highest BCUT2D eigenvalue weighted by Gasteiger charge is 2.47. The third-order valence-electron chi connectivity index (χ3n) is 5.56. The SMILES string of the molecule is OC(c1cccc(C2CCC2)c1)C1CC2CC2C1. The molecule has 3 aliphatic rings. The van der Waals surface area contributed by atoms with Gasteiger partial charge in [-0.2, -0.15) is 0 Å². The minimum atomic E-state index is -0.210. The van der Waals surface area contributed by atoms with E-state index in [1.165, 1.54) is 49.7 Å². The number of fused-ring (bicyclic) bond motifs is 1. The number of rotatable bonds is 3. The van der Waals surface area contributed by atoms with Gasteiger partial charge in [-0.3, -0.25) is 0 Å². The van der Waals surface area contributed by atoms with Crippen LogP contribution >= 0.6 is 0 Å². The van der Waals surface area contributed by atoms with Crippen molar-refractivity contribution in [3.05, 3.63) is 35.4 Å². The Bertz CT molecular complexity index is 439. The van der Waals surface area contributed by atoms with Gasteiger partial charge in [0.25, 0.3) is 0 Å². The molecule has 3 aliphatic carbocycles. The van der Waals surface area contributed by atoms with Gasteiger partial charge in [0.2, 0.25) is 0 Å². The van der Waals surface area contributed by atoms with Crippen LogP contribution in [0.5, 0.6) is 0 Å². The lowest BCUT2D eigenvalue weighted by molar-refractivity contribution is 0.104. The number of aliphatic hydroxyl groups is 1. The Hall–Kier alpha value is -0.820. The zero-order valence-corrected chi connectivity index (χ0v) is 10.9. The predicted molar refractivity (Wildman–Crippen MR) is 72.3 cm³/mol. The van der Waals surface area contributed by atoms with Gasteiger partial charge in [-0.15, -0.1) is 0 Å². The maximum absolute atomic E-state index is 10.6. The van der Waals surface area contributed by atoms with Crippen LogP contribution in [0.4, 0.5) is 0 Å². The van der Waals surface area contributed by atoms with Crippen LogP contribution in [0, 0.1) is 17.8 Å². The van der Waals surface area contributed by atoms with Crippen molar-refractivity contribution in [1.82, 2.24) is 0 Å². The highest BCUT2D eigenvalue weighted by atomic mass is 16.3. The Morgan fingerprint density at radius 3 is 2.50 bits per heavy atom. The summed E-state index contributed by atoms with van der Waals surface area (Å²) in [6.07, 6.45) is 7.81. The first-order valence-corrected chi connectivity index (χ1v) is 7.59. The molecule has 0 aromatic heterocycles. The molecule has 1 heteroatoms. The second-order valence-corrected chi connectivity index (χ2v) is 6.73. The van der Waals surface area contributed by atoms with Crippen molar-refractivity contribution in [2.24, 2.45) is 17.8 Å². The standard InChI is InChI=1S/C17H22O/c18-17(16-9-14-8-15(14)10-16)13-6-2-5-12(7-13)11-3-1-4-11/h2,5-7,11,14-18H,1,3-4,8-10H2. The van der Waals surface area contributed by atoms with Crippen LogP contribution in [0.15, 0.2) is 24.3 Å². The fourth-order valence-corrected chi connectivity index (χ4v) is 4.03. The van der Waals surface area contributed by atoms with E-state index in [1.54, 1.807) is 0 Å². The summed E-state index contributed by atoms with van der Waals surface area (Å²) in [5, 5.41) is 10.6. The van der Waals surface area contributed by atoms with Crippen LogP contribution < -0.4 is 0 Å². The molecule has 0 saturated heterocycles. The second kappa shape index (κ2) is 4.09. The predicted octanol–water partition coefficient (Wildman–Crippen LogP) is 4.03. The maximum Gasteiger partial charge on any atom is 0.0818 e. The first-order valence-electron chi connectivity index (χ1n) is 7.59. The third kappa shape index (κ3) is 1.80. The fraction of sp³-hybridized carbons (Fsp3) is 0.647. The van der Waals surface area contributed by atoms with E-state index >= 15 is 0 Å². The van der Waals surface area contributed by atoms with Crippen LogP contribution in [-0.4, -0.2) is 5.11 Å². The summed E-state index contributed by atoms with van der Waals surface area (Å²) in [4.78, 5) is 0. The van der Waals surface area contributed by atoms with E-state index in [4.69, 9.17) is 0 Å². The number of hydrogen-bond acceptors (Lipinski definition) is 1. The molecule has 0 bridgehead atoms. The van der Waals surface area contributed by atoms with E-state index < -0.39 is 0 Å². The average molecular weight is 242 g/mol. The van der Waals surface area contributed by atoms with Gasteiger partial charge in [0, 0.05) is 0 Å². The molecule has 18 heavy (non-hydrogen) atoms. The van der Waals surface area contributed by atoms with E-state index in [-0.39, 0.29) is 6.10 Å². The molecule has 0 aliphatic heterocycles. The van der Waals surface area contributed by atoms with Crippen molar-refractivity contribution < 1.29 is 5.11 Å². The molecule has 0 amide bonds. The zero-order valence-electron chi connectivity index (χ0n) is 10.9. The summed E-state index contributed by atoms with van der Waals surface area (Å²) < 4.78 is 0. The molecule has 4 rings (SSSR count). The summed E-state index contributed by atoms with van der Waals surface area (Å²) in [5.41, 5.74) is 2.63. The van der Waals surface area contributed by atoms with Gasteiger partial charge < -0.3 is 5.11 Å². The van der Waals surface area contributed by atoms with Gasteiger partial charge >= 0.3 is 0 Å². The summed E-state index contributed by atoms with van der Waals surface area (Å²) in [5.74, 6) is 3.22. The molecule has 3 unspecified atom stereocenters. The van der Waals surface area contributed by atoms with Crippen molar-refractivity contribution in [2.75, 3.05) is 0 Å². The summed E-state index contributed by atoms with van der Waals surface area (Å²) in [6.45, 7) is 0. The molecule has 3 saturated carbocycles. The van der Waals surface area contributed by atoms with Crippen LogP contribution in [0.2, 0.25) is 0 Å². The van der Waals surface area contributed by atoms with Crippen molar-refractivity contribution >= 4 is 0 Å². The van der Waals surface area contributed by atoms with Crippen molar-refractivity contribution in [3.63, 3.8) is 0 Å². The topological polar surface area (TPSA) is 20.2 Å². The highest BCUT2D eigenvalue weighted by Crippen LogP contribution is 2.57. The first-order chi connectivity index (χ1) is 8.81. The molecule has 1 aromatic rings. The van der Waals surface area contributed by atoms with Gasteiger partial charge in [-0.05, 0) is 66.9 Å². The first kappa shape index (κ1) is 11.0. The maximum atomic E-state index is 10.6. The molecular formula is C17H22O. The van der Waals surface area contributed by atoms with E-state index in [1.807, 2.05) is 0 Å². The molecule has 0 radical (unpaired) electrons. The van der Waals surface area contributed by atoms with Crippen LogP contribution in [0.25, 0.3) is 0 Å². The van der Waals surface area contributed by atoms with Crippen LogP contribution in [-0.2, 0) is 0 Å². The van der Waals surface area contributed by atoms with Gasteiger partial charge in [0.1, 0.15) is 0 Å². The summed E-state index contributed by atoms with van der Waals surface area (Å²) in [6, 6.07) is 8.78. The van der Waals surface area contributed by atoms with Gasteiger partial charge in [-0.1, -0.05) is 30.7 Å². The quantitative estimate of drug-likeness (QED) is 0.848. The monoisotopic (exact) mass is 242 g/mol. The average Bonchev–Trinajstić information content (AvgIpc) is 2.94. The second-order valence-electron chi connectivity index (χ2n) is 6.73. The molecule has 96 valence electrons. The molecule has 3 atom stereocenters. The van der Waals surface area contributed by atoms with Crippen molar-refractivity contribution in [3.8, 4) is 0 Å². The van der Waals surface area contributed by atoms with Gasteiger partial charge in [0.05, 0.1) is 6.10 Å². The Morgan fingerprint density at radius 1 is 1.06 bits per heavy atom. The smallest absolute Gasteiger partial charge is 0.0818 e. The van der Waals surface area contributed by atoms with Gasteiger partial charge in [-0.25, -0.2) is 0 Å². The van der Waals surface area contributed by atoms with Crippen molar-refractivity contribution in [1.29, 1.82) is 0 Å². The molecule has 1 nitrogen and oxygen atoms in total. The van der Waals surface area contributed by atoms with E-state index in [0.717, 1.165) is 17.8 Å². The minimum absolute atomic E-state index is 0.210. The molecule has 0 spiro atoms.